The molecule has 0 aliphatic heterocycles. The predicted molar refractivity (Wildman–Crippen MR) is 66.6 cm³/mol. The van der Waals surface area contributed by atoms with Crippen LogP contribution in [0.5, 0.6) is 0 Å². The fraction of sp³-hybridized carbons (Fsp3) is 0.923. The highest BCUT2D eigenvalue weighted by atomic mass is 35.5. The topological polar surface area (TPSA) is 29.1 Å². The van der Waals surface area contributed by atoms with Crippen LogP contribution >= 0.6 is 11.6 Å². The lowest BCUT2D eigenvalue weighted by atomic mass is 9.85. The standard InChI is InChI=1S/C13H22ClNO/c14-9-11-7-3-4-8-12(11)15-13(16)10-5-1-2-6-10/h10-12H,1-9H2,(H,15,16). The zero-order chi connectivity index (χ0) is 11.4. The fourth-order valence-electron chi connectivity index (χ4n) is 3.07. The molecule has 92 valence electrons. The summed E-state index contributed by atoms with van der Waals surface area (Å²) < 4.78 is 0. The van der Waals surface area contributed by atoms with Crippen molar-refractivity contribution in [3.05, 3.63) is 0 Å². The van der Waals surface area contributed by atoms with Crippen LogP contribution in [0.25, 0.3) is 0 Å². The van der Waals surface area contributed by atoms with Gasteiger partial charge in [-0.25, -0.2) is 0 Å². The maximum Gasteiger partial charge on any atom is 0.223 e. The van der Waals surface area contributed by atoms with Gasteiger partial charge in [-0.3, -0.25) is 4.79 Å². The van der Waals surface area contributed by atoms with Crippen molar-refractivity contribution in [2.75, 3.05) is 5.88 Å². The Labute approximate surface area is 103 Å². The number of amides is 1. The third-order valence-electron chi connectivity index (χ3n) is 4.16. The highest BCUT2D eigenvalue weighted by Crippen LogP contribution is 2.28. The molecule has 2 aliphatic rings. The maximum atomic E-state index is 12.0. The molecule has 0 saturated heterocycles. The zero-order valence-corrected chi connectivity index (χ0v) is 10.6. The summed E-state index contributed by atoms with van der Waals surface area (Å²) in [6, 6.07) is 0.347. The van der Waals surface area contributed by atoms with E-state index in [0.29, 0.717) is 23.7 Å². The van der Waals surface area contributed by atoms with Gasteiger partial charge in [0.05, 0.1) is 0 Å². The minimum atomic E-state index is 0.290. The third kappa shape index (κ3) is 2.91. The number of carbonyl (C=O) groups excluding carboxylic acids is 1. The van der Waals surface area contributed by atoms with Crippen molar-refractivity contribution in [2.24, 2.45) is 11.8 Å². The van der Waals surface area contributed by atoms with Crippen molar-refractivity contribution >= 4 is 17.5 Å². The number of hydrogen-bond acceptors (Lipinski definition) is 1. The van der Waals surface area contributed by atoms with Crippen molar-refractivity contribution in [1.29, 1.82) is 0 Å². The number of alkyl halides is 1. The van der Waals surface area contributed by atoms with Crippen LogP contribution in [-0.2, 0) is 4.79 Å². The predicted octanol–water partition coefficient (Wildman–Crippen LogP) is 3.09. The van der Waals surface area contributed by atoms with Gasteiger partial charge in [-0.1, -0.05) is 25.7 Å². The first-order valence-corrected chi connectivity index (χ1v) is 7.21. The van der Waals surface area contributed by atoms with Gasteiger partial charge in [0.15, 0.2) is 0 Å². The molecule has 2 unspecified atom stereocenters. The average molecular weight is 244 g/mol. The molecule has 0 heterocycles. The molecule has 2 fully saturated rings. The molecule has 0 aromatic rings. The van der Waals surface area contributed by atoms with E-state index in [2.05, 4.69) is 5.32 Å². The highest BCUT2D eigenvalue weighted by Gasteiger charge is 2.29. The van der Waals surface area contributed by atoms with Gasteiger partial charge < -0.3 is 5.32 Å². The van der Waals surface area contributed by atoms with Gasteiger partial charge in [0.25, 0.3) is 0 Å². The van der Waals surface area contributed by atoms with Gasteiger partial charge in [0.2, 0.25) is 5.91 Å². The molecule has 2 aliphatic carbocycles. The molecular weight excluding hydrogens is 222 g/mol. The van der Waals surface area contributed by atoms with Gasteiger partial charge in [-0.2, -0.15) is 0 Å². The second kappa shape index (κ2) is 5.90. The van der Waals surface area contributed by atoms with E-state index in [9.17, 15) is 4.79 Å². The van der Waals surface area contributed by atoms with Crippen LogP contribution < -0.4 is 5.32 Å². The lowest BCUT2D eigenvalue weighted by Gasteiger charge is -2.31. The molecule has 1 N–H and O–H groups in total. The molecule has 0 aromatic carbocycles. The summed E-state index contributed by atoms with van der Waals surface area (Å²) >= 11 is 5.97. The minimum Gasteiger partial charge on any atom is -0.353 e. The Balaban J connectivity index is 1.84. The van der Waals surface area contributed by atoms with Crippen LogP contribution in [0.1, 0.15) is 51.4 Å². The summed E-state index contributed by atoms with van der Waals surface area (Å²) in [4.78, 5) is 12.0. The summed E-state index contributed by atoms with van der Waals surface area (Å²) in [6.07, 6.45) is 9.43. The van der Waals surface area contributed by atoms with E-state index < -0.39 is 0 Å². The van der Waals surface area contributed by atoms with Crippen LogP contribution in [0.4, 0.5) is 0 Å². The molecule has 0 aromatic heterocycles. The summed E-state index contributed by atoms with van der Waals surface area (Å²) in [6.45, 7) is 0. The van der Waals surface area contributed by atoms with E-state index in [0.717, 1.165) is 19.3 Å². The van der Waals surface area contributed by atoms with Crippen molar-refractivity contribution < 1.29 is 4.79 Å². The first kappa shape index (κ1) is 12.2. The minimum absolute atomic E-state index is 0.290. The Morgan fingerprint density at radius 1 is 1.06 bits per heavy atom. The second-order valence-corrected chi connectivity index (χ2v) is 5.60. The third-order valence-corrected chi connectivity index (χ3v) is 4.56. The monoisotopic (exact) mass is 243 g/mol. The van der Waals surface area contributed by atoms with Crippen LogP contribution in [0.15, 0.2) is 0 Å². The average Bonchev–Trinajstić information content (AvgIpc) is 2.83. The second-order valence-electron chi connectivity index (χ2n) is 5.30. The van der Waals surface area contributed by atoms with E-state index in [1.54, 1.807) is 0 Å². The lowest BCUT2D eigenvalue weighted by Crippen LogP contribution is -2.44. The molecule has 3 heteroatoms. The fourth-order valence-corrected chi connectivity index (χ4v) is 3.44. The van der Waals surface area contributed by atoms with Gasteiger partial charge in [0, 0.05) is 17.8 Å². The Morgan fingerprint density at radius 3 is 2.38 bits per heavy atom. The lowest BCUT2D eigenvalue weighted by molar-refractivity contribution is -0.126. The van der Waals surface area contributed by atoms with Crippen LogP contribution in [-0.4, -0.2) is 17.8 Å². The van der Waals surface area contributed by atoms with Gasteiger partial charge in [-0.15, -0.1) is 11.6 Å². The Kier molecular flexibility index (Phi) is 4.51. The molecule has 2 saturated carbocycles. The Bertz CT molecular complexity index is 238. The van der Waals surface area contributed by atoms with E-state index in [1.807, 2.05) is 0 Å². The summed E-state index contributed by atoms with van der Waals surface area (Å²) in [7, 11) is 0. The number of rotatable bonds is 3. The van der Waals surface area contributed by atoms with E-state index >= 15 is 0 Å². The molecule has 0 spiro atoms. The first-order valence-electron chi connectivity index (χ1n) is 6.67. The smallest absolute Gasteiger partial charge is 0.223 e. The van der Waals surface area contributed by atoms with Crippen molar-refractivity contribution in [1.82, 2.24) is 5.32 Å². The molecular formula is C13H22ClNO. The maximum absolute atomic E-state index is 12.0. The molecule has 2 nitrogen and oxygen atoms in total. The SMILES string of the molecule is O=C(NC1CCCCC1CCl)C1CCCC1. The number of hydrogen-bond donors (Lipinski definition) is 1. The first-order chi connectivity index (χ1) is 7.81. The van der Waals surface area contributed by atoms with E-state index in [1.165, 1.54) is 32.1 Å². The number of carbonyl (C=O) groups is 1. The molecule has 2 rings (SSSR count). The van der Waals surface area contributed by atoms with Crippen LogP contribution in [0, 0.1) is 11.8 Å². The van der Waals surface area contributed by atoms with E-state index in [4.69, 9.17) is 11.6 Å². The summed E-state index contributed by atoms with van der Waals surface area (Å²) in [5.74, 6) is 1.77. The molecule has 2 atom stereocenters. The van der Waals surface area contributed by atoms with Gasteiger partial charge in [0.1, 0.15) is 0 Å². The van der Waals surface area contributed by atoms with Gasteiger partial charge >= 0.3 is 0 Å². The Morgan fingerprint density at radius 2 is 1.69 bits per heavy atom. The van der Waals surface area contributed by atoms with Crippen molar-refractivity contribution in [2.45, 2.75) is 57.4 Å². The zero-order valence-electron chi connectivity index (χ0n) is 9.88. The molecule has 16 heavy (non-hydrogen) atoms. The van der Waals surface area contributed by atoms with E-state index in [-0.39, 0.29) is 5.92 Å². The molecule has 1 amide bonds. The molecule has 0 bridgehead atoms. The summed E-state index contributed by atoms with van der Waals surface area (Å²) in [5, 5.41) is 3.24. The largest absolute Gasteiger partial charge is 0.353 e. The normalized spacial score (nSPS) is 31.6. The Hall–Kier alpha value is -0.240. The number of halogens is 1. The quantitative estimate of drug-likeness (QED) is 0.759. The summed E-state index contributed by atoms with van der Waals surface area (Å²) in [5.41, 5.74) is 0. The van der Waals surface area contributed by atoms with Gasteiger partial charge in [-0.05, 0) is 31.6 Å². The van der Waals surface area contributed by atoms with Crippen LogP contribution in [0.3, 0.4) is 0 Å². The van der Waals surface area contributed by atoms with Crippen molar-refractivity contribution in [3.8, 4) is 0 Å². The van der Waals surface area contributed by atoms with Crippen LogP contribution in [0.2, 0.25) is 0 Å². The molecule has 0 radical (unpaired) electrons. The van der Waals surface area contributed by atoms with Crippen molar-refractivity contribution in [3.63, 3.8) is 0 Å². The highest BCUT2D eigenvalue weighted by molar-refractivity contribution is 6.18. The number of nitrogens with one attached hydrogen (secondary N) is 1.